The quantitative estimate of drug-likeness (QED) is 0.522. The van der Waals surface area contributed by atoms with E-state index >= 15 is 0 Å². The maximum atomic E-state index is 9.69. The molecule has 0 aliphatic carbocycles. The van der Waals surface area contributed by atoms with Crippen molar-refractivity contribution in [2.75, 3.05) is 0 Å². The lowest BCUT2D eigenvalue weighted by Gasteiger charge is -1.99. The number of phenolic OH excluding ortho intramolecular Hbond substituents is 1. The Labute approximate surface area is 109 Å². The highest BCUT2D eigenvalue weighted by Gasteiger charge is 2.13. The van der Waals surface area contributed by atoms with Crippen molar-refractivity contribution in [1.82, 2.24) is 14.3 Å². The third kappa shape index (κ3) is 1.20. The molecule has 0 spiro atoms. The van der Waals surface area contributed by atoms with E-state index in [1.54, 1.807) is 6.07 Å². The molecule has 0 aliphatic rings. The summed E-state index contributed by atoms with van der Waals surface area (Å²) in [5.74, 6) is 0.297. The van der Waals surface area contributed by atoms with Crippen LogP contribution in [0.15, 0.2) is 36.5 Å². The molecule has 4 rings (SSSR count). The minimum Gasteiger partial charge on any atom is -0.508 e. The van der Waals surface area contributed by atoms with Gasteiger partial charge in [-0.05, 0) is 24.3 Å². The molecular formula is C15H13N3O. The highest BCUT2D eigenvalue weighted by Crippen LogP contribution is 2.34. The van der Waals surface area contributed by atoms with Crippen molar-refractivity contribution in [2.45, 2.75) is 0 Å². The van der Waals surface area contributed by atoms with Crippen molar-refractivity contribution in [3.05, 3.63) is 36.5 Å². The number of hydrogen-bond donors (Lipinski definition) is 1. The van der Waals surface area contributed by atoms with Crippen molar-refractivity contribution in [3.63, 3.8) is 0 Å². The Kier molecular flexibility index (Phi) is 1.81. The smallest absolute Gasteiger partial charge is 0.116 e. The van der Waals surface area contributed by atoms with E-state index in [1.165, 1.54) is 0 Å². The molecule has 4 nitrogen and oxygen atoms in total. The number of hydrogen-bond acceptors (Lipinski definition) is 2. The van der Waals surface area contributed by atoms with E-state index in [0.29, 0.717) is 5.75 Å². The van der Waals surface area contributed by atoms with Crippen LogP contribution in [-0.2, 0) is 14.1 Å². The van der Waals surface area contributed by atoms with Gasteiger partial charge in [-0.1, -0.05) is 6.07 Å². The molecule has 0 aliphatic heterocycles. The Morgan fingerprint density at radius 3 is 2.58 bits per heavy atom. The number of benzene rings is 2. The first-order valence-corrected chi connectivity index (χ1v) is 6.18. The Morgan fingerprint density at radius 2 is 1.74 bits per heavy atom. The lowest BCUT2D eigenvalue weighted by Crippen LogP contribution is -1.89. The molecule has 0 saturated carbocycles. The maximum absolute atomic E-state index is 9.69. The van der Waals surface area contributed by atoms with Crippen LogP contribution in [0.2, 0.25) is 0 Å². The Hall–Kier alpha value is -2.49. The normalized spacial score (nSPS) is 11.9. The molecule has 94 valence electrons. The first kappa shape index (κ1) is 10.4. The van der Waals surface area contributed by atoms with Crippen LogP contribution in [0, 0.1) is 0 Å². The van der Waals surface area contributed by atoms with Crippen molar-refractivity contribution >= 4 is 32.7 Å². The fraction of sp³-hybridized carbons (Fsp3) is 0.133. The largest absolute Gasteiger partial charge is 0.508 e. The van der Waals surface area contributed by atoms with E-state index in [2.05, 4.69) is 21.8 Å². The predicted molar refractivity (Wildman–Crippen MR) is 76.4 cm³/mol. The van der Waals surface area contributed by atoms with E-state index in [1.807, 2.05) is 37.1 Å². The van der Waals surface area contributed by atoms with Crippen molar-refractivity contribution in [2.24, 2.45) is 14.1 Å². The average molecular weight is 251 g/mol. The van der Waals surface area contributed by atoms with Gasteiger partial charge in [0.25, 0.3) is 0 Å². The van der Waals surface area contributed by atoms with Gasteiger partial charge in [-0.25, -0.2) is 0 Å². The molecule has 2 heterocycles. The Balaban J connectivity index is 2.35. The highest BCUT2D eigenvalue weighted by molar-refractivity contribution is 6.17. The monoisotopic (exact) mass is 251 g/mol. The minimum absolute atomic E-state index is 0.297. The van der Waals surface area contributed by atoms with Gasteiger partial charge >= 0.3 is 0 Å². The number of rotatable bonds is 0. The molecule has 19 heavy (non-hydrogen) atoms. The summed E-state index contributed by atoms with van der Waals surface area (Å²) in [5, 5.41) is 17.4. The zero-order valence-electron chi connectivity index (χ0n) is 10.8. The SMILES string of the molecule is Cn1ncc2c1ccc1c3cc(O)ccc3n(C)c12. The van der Waals surface area contributed by atoms with Gasteiger partial charge in [0, 0.05) is 35.8 Å². The van der Waals surface area contributed by atoms with Gasteiger partial charge in [0.05, 0.1) is 17.2 Å². The van der Waals surface area contributed by atoms with Crippen LogP contribution in [0.3, 0.4) is 0 Å². The van der Waals surface area contributed by atoms with Crippen molar-refractivity contribution < 1.29 is 5.11 Å². The average Bonchev–Trinajstić information content (AvgIpc) is 2.90. The summed E-state index contributed by atoms with van der Waals surface area (Å²) < 4.78 is 4.04. The first-order valence-electron chi connectivity index (χ1n) is 6.18. The number of phenols is 1. The van der Waals surface area contributed by atoms with Crippen LogP contribution in [0.5, 0.6) is 5.75 Å². The summed E-state index contributed by atoms with van der Waals surface area (Å²) in [7, 11) is 4.00. The number of aryl methyl sites for hydroxylation is 2. The second-order valence-electron chi connectivity index (χ2n) is 4.92. The molecule has 0 amide bonds. The van der Waals surface area contributed by atoms with E-state index in [4.69, 9.17) is 0 Å². The summed E-state index contributed by atoms with van der Waals surface area (Å²) in [6.07, 6.45) is 1.90. The zero-order chi connectivity index (χ0) is 13.1. The highest BCUT2D eigenvalue weighted by atomic mass is 16.3. The predicted octanol–water partition coefficient (Wildman–Crippen LogP) is 2.92. The summed E-state index contributed by atoms with van der Waals surface area (Å²) >= 11 is 0. The van der Waals surface area contributed by atoms with Crippen LogP contribution < -0.4 is 0 Å². The molecule has 0 bridgehead atoms. The van der Waals surface area contributed by atoms with Crippen molar-refractivity contribution in [3.8, 4) is 5.75 Å². The number of fused-ring (bicyclic) bond motifs is 5. The van der Waals surface area contributed by atoms with Gasteiger partial charge in [0.2, 0.25) is 0 Å². The molecule has 0 atom stereocenters. The third-order valence-corrected chi connectivity index (χ3v) is 3.87. The van der Waals surface area contributed by atoms with Crippen LogP contribution >= 0.6 is 0 Å². The topological polar surface area (TPSA) is 43.0 Å². The molecule has 2 aromatic heterocycles. The maximum Gasteiger partial charge on any atom is 0.116 e. The Bertz CT molecular complexity index is 946. The van der Waals surface area contributed by atoms with E-state index in [0.717, 1.165) is 32.7 Å². The first-order chi connectivity index (χ1) is 9.16. The standard InChI is InChI=1S/C15H13N3O/c1-17-13-5-3-9(19)7-11(13)10-4-6-14-12(15(10)17)8-16-18(14)2/h3-8,19H,1-2H3. The van der Waals surface area contributed by atoms with Gasteiger partial charge in [0.15, 0.2) is 0 Å². The van der Waals surface area contributed by atoms with Crippen molar-refractivity contribution in [1.29, 1.82) is 0 Å². The fourth-order valence-corrected chi connectivity index (χ4v) is 2.94. The van der Waals surface area contributed by atoms with E-state index < -0.39 is 0 Å². The van der Waals surface area contributed by atoms with Gasteiger partial charge in [0.1, 0.15) is 5.75 Å². The lowest BCUT2D eigenvalue weighted by atomic mass is 10.1. The number of aromatic hydroxyl groups is 1. The Morgan fingerprint density at radius 1 is 0.947 bits per heavy atom. The molecule has 1 N–H and O–H groups in total. The van der Waals surface area contributed by atoms with Crippen LogP contribution in [0.4, 0.5) is 0 Å². The molecule has 4 aromatic rings. The summed E-state index contributed by atoms with van der Waals surface area (Å²) in [5.41, 5.74) is 3.39. The number of nitrogens with zero attached hydrogens (tertiary/aromatic N) is 3. The summed E-state index contributed by atoms with van der Waals surface area (Å²) in [4.78, 5) is 0. The van der Waals surface area contributed by atoms with E-state index in [-0.39, 0.29) is 0 Å². The van der Waals surface area contributed by atoms with Gasteiger partial charge in [-0.2, -0.15) is 5.10 Å². The second kappa shape index (κ2) is 3.29. The van der Waals surface area contributed by atoms with Crippen LogP contribution in [0.25, 0.3) is 32.7 Å². The van der Waals surface area contributed by atoms with E-state index in [9.17, 15) is 5.11 Å². The molecular weight excluding hydrogens is 238 g/mol. The van der Waals surface area contributed by atoms with Crippen LogP contribution in [0.1, 0.15) is 0 Å². The van der Waals surface area contributed by atoms with Gasteiger partial charge in [-0.15, -0.1) is 0 Å². The van der Waals surface area contributed by atoms with Crippen LogP contribution in [-0.4, -0.2) is 19.5 Å². The molecule has 0 fully saturated rings. The van der Waals surface area contributed by atoms with Gasteiger partial charge in [-0.3, -0.25) is 4.68 Å². The summed E-state index contributed by atoms with van der Waals surface area (Å²) in [6.45, 7) is 0. The zero-order valence-corrected chi connectivity index (χ0v) is 10.8. The summed E-state index contributed by atoms with van der Waals surface area (Å²) in [6, 6.07) is 9.67. The molecule has 0 saturated heterocycles. The fourth-order valence-electron chi connectivity index (χ4n) is 2.94. The molecule has 0 radical (unpaired) electrons. The lowest BCUT2D eigenvalue weighted by molar-refractivity contribution is 0.476. The molecule has 4 heteroatoms. The minimum atomic E-state index is 0.297. The third-order valence-electron chi connectivity index (χ3n) is 3.87. The molecule has 2 aromatic carbocycles. The second-order valence-corrected chi connectivity index (χ2v) is 4.92. The van der Waals surface area contributed by atoms with Gasteiger partial charge < -0.3 is 9.67 Å². The number of aromatic nitrogens is 3. The molecule has 0 unspecified atom stereocenters.